The molecule has 0 spiro atoms. The summed E-state index contributed by atoms with van der Waals surface area (Å²) in [5, 5.41) is 4.46. The number of thiazole rings is 1. The Balaban J connectivity index is 1.87. The van der Waals surface area contributed by atoms with Crippen molar-refractivity contribution in [1.82, 2.24) is 9.72 Å². The van der Waals surface area contributed by atoms with Crippen molar-refractivity contribution in [3.8, 4) is 11.3 Å². The molecule has 30 heavy (non-hydrogen) atoms. The Bertz CT molecular complexity index is 1310. The highest BCUT2D eigenvalue weighted by Crippen LogP contribution is 2.31. The number of ether oxygens (including phenoxy) is 1. The van der Waals surface area contributed by atoms with Gasteiger partial charge in [-0.3, -0.25) is 4.79 Å². The zero-order chi connectivity index (χ0) is 21.3. The van der Waals surface area contributed by atoms with Crippen LogP contribution in [0.15, 0.2) is 52.0 Å². The van der Waals surface area contributed by atoms with Gasteiger partial charge in [0.15, 0.2) is 4.80 Å². The average Bonchev–Trinajstić information content (AvgIpc) is 3.27. The van der Waals surface area contributed by atoms with Crippen molar-refractivity contribution in [1.29, 1.82) is 0 Å². The van der Waals surface area contributed by atoms with Crippen molar-refractivity contribution in [3.05, 3.63) is 69.4 Å². The molecule has 0 bridgehead atoms. The number of methoxy groups -OCH3 is 1. The Morgan fingerprint density at radius 1 is 1.30 bits per heavy atom. The largest absolute Gasteiger partial charge is 0.383 e. The summed E-state index contributed by atoms with van der Waals surface area (Å²) in [6, 6.07) is 11.8. The topological polar surface area (TPSA) is 69.6 Å². The number of hydrogen-bond donors (Lipinski definition) is 0. The molecule has 4 rings (SSSR count). The molecule has 0 aliphatic carbocycles. The Morgan fingerprint density at radius 3 is 2.87 bits per heavy atom. The van der Waals surface area contributed by atoms with Crippen molar-refractivity contribution in [2.24, 2.45) is 4.99 Å². The van der Waals surface area contributed by atoms with Crippen molar-refractivity contribution in [2.45, 2.75) is 13.5 Å². The lowest BCUT2D eigenvalue weighted by molar-refractivity contribution is 0.0996. The molecule has 0 aliphatic heterocycles. The molecule has 4 aromatic rings. The van der Waals surface area contributed by atoms with Crippen LogP contribution in [0.4, 0.5) is 4.39 Å². The Hall–Kier alpha value is -2.81. The number of para-hydroxylation sites is 1. The molecule has 0 unspecified atom stereocenters. The highest BCUT2D eigenvalue weighted by molar-refractivity contribution is 7.16. The predicted molar refractivity (Wildman–Crippen MR) is 113 cm³/mol. The van der Waals surface area contributed by atoms with Crippen LogP contribution in [-0.2, 0) is 11.3 Å². The third-order valence-electron chi connectivity index (χ3n) is 4.57. The summed E-state index contributed by atoms with van der Waals surface area (Å²) >= 11 is 7.50. The molecule has 0 N–H and O–H groups in total. The summed E-state index contributed by atoms with van der Waals surface area (Å²) in [6.07, 6.45) is 0. The first-order chi connectivity index (χ1) is 14.5. The predicted octanol–water partition coefficient (Wildman–Crippen LogP) is 4.85. The van der Waals surface area contributed by atoms with Gasteiger partial charge in [0.2, 0.25) is 0 Å². The SMILES string of the molecule is COCCn1c(=NC(=O)c2c(-c3ccccc3Cl)noc2C)sc2cccc(F)c21. The third-order valence-corrected chi connectivity index (χ3v) is 5.95. The molecular formula is C21H17ClFN3O3S. The number of rotatable bonds is 5. The van der Waals surface area contributed by atoms with E-state index in [1.54, 1.807) is 55.0 Å². The van der Waals surface area contributed by atoms with E-state index >= 15 is 0 Å². The van der Waals surface area contributed by atoms with Crippen LogP contribution in [0.1, 0.15) is 16.1 Å². The maximum Gasteiger partial charge on any atom is 0.285 e. The van der Waals surface area contributed by atoms with Crippen LogP contribution in [-0.4, -0.2) is 29.3 Å². The minimum Gasteiger partial charge on any atom is -0.383 e. The van der Waals surface area contributed by atoms with Gasteiger partial charge in [0.25, 0.3) is 5.91 Å². The van der Waals surface area contributed by atoms with Gasteiger partial charge >= 0.3 is 0 Å². The molecular weight excluding hydrogens is 429 g/mol. The summed E-state index contributed by atoms with van der Waals surface area (Å²) in [5.74, 6) is -0.595. The van der Waals surface area contributed by atoms with Crippen molar-refractivity contribution in [3.63, 3.8) is 0 Å². The molecule has 9 heteroatoms. The van der Waals surface area contributed by atoms with Crippen LogP contribution in [0, 0.1) is 12.7 Å². The van der Waals surface area contributed by atoms with Gasteiger partial charge in [0.05, 0.1) is 21.8 Å². The van der Waals surface area contributed by atoms with E-state index in [1.165, 1.54) is 17.4 Å². The second kappa shape index (κ2) is 8.51. The molecule has 0 atom stereocenters. The fraction of sp³-hybridized carbons (Fsp3) is 0.190. The first-order valence-corrected chi connectivity index (χ1v) is 10.3. The molecule has 154 valence electrons. The quantitative estimate of drug-likeness (QED) is 0.440. The van der Waals surface area contributed by atoms with Gasteiger partial charge in [-0.1, -0.05) is 52.4 Å². The van der Waals surface area contributed by atoms with Crippen LogP contribution in [0.2, 0.25) is 5.02 Å². The molecule has 0 fully saturated rings. The van der Waals surface area contributed by atoms with E-state index in [1.807, 2.05) is 0 Å². The smallest absolute Gasteiger partial charge is 0.285 e. The molecule has 0 saturated heterocycles. The first-order valence-electron chi connectivity index (χ1n) is 9.08. The maximum absolute atomic E-state index is 14.5. The normalized spacial score (nSPS) is 12.1. The number of fused-ring (bicyclic) bond motifs is 1. The van der Waals surface area contributed by atoms with Gasteiger partial charge in [-0.05, 0) is 25.1 Å². The number of nitrogens with zero attached hydrogens (tertiary/aromatic N) is 3. The fourth-order valence-electron chi connectivity index (χ4n) is 3.17. The standard InChI is InChI=1S/C21H17ClFN3O3S/c1-12-17(18(25-29-12)13-6-3-4-7-14(13)22)20(27)24-21-26(10-11-28-2)19-15(23)8-5-9-16(19)30-21/h3-9H,10-11H2,1-2H3. The lowest BCUT2D eigenvalue weighted by atomic mass is 10.1. The van der Waals surface area contributed by atoms with Gasteiger partial charge in [-0.25, -0.2) is 4.39 Å². The molecule has 2 heterocycles. The summed E-state index contributed by atoms with van der Waals surface area (Å²) in [4.78, 5) is 17.8. The molecule has 0 aliphatic rings. The minimum absolute atomic E-state index is 0.222. The van der Waals surface area contributed by atoms with Crippen molar-refractivity contribution in [2.75, 3.05) is 13.7 Å². The lowest BCUT2D eigenvalue weighted by Crippen LogP contribution is -2.20. The number of aryl methyl sites for hydroxylation is 1. The Kier molecular flexibility index (Phi) is 5.80. The summed E-state index contributed by atoms with van der Waals surface area (Å²) < 4.78 is 27.2. The summed E-state index contributed by atoms with van der Waals surface area (Å²) in [5.41, 5.74) is 1.51. The van der Waals surface area contributed by atoms with Crippen molar-refractivity contribution < 1.29 is 18.4 Å². The Morgan fingerprint density at radius 2 is 2.10 bits per heavy atom. The number of hydrogen-bond acceptors (Lipinski definition) is 5. The van der Waals surface area contributed by atoms with Crippen LogP contribution < -0.4 is 4.80 Å². The third kappa shape index (κ3) is 3.69. The number of carbonyl (C=O) groups is 1. The second-order valence-corrected chi connectivity index (χ2v) is 7.89. The zero-order valence-corrected chi connectivity index (χ0v) is 17.8. The first kappa shape index (κ1) is 20.5. The molecule has 2 aromatic heterocycles. The van der Waals surface area contributed by atoms with E-state index < -0.39 is 5.91 Å². The molecule has 6 nitrogen and oxygen atoms in total. The average molecular weight is 446 g/mol. The van der Waals surface area contributed by atoms with Crippen LogP contribution >= 0.6 is 22.9 Å². The van der Waals surface area contributed by atoms with E-state index in [9.17, 15) is 9.18 Å². The molecule has 2 aromatic carbocycles. The zero-order valence-electron chi connectivity index (χ0n) is 16.2. The molecule has 0 saturated carbocycles. The van der Waals surface area contributed by atoms with Gasteiger partial charge in [-0.15, -0.1) is 0 Å². The van der Waals surface area contributed by atoms with Crippen LogP contribution in [0.3, 0.4) is 0 Å². The highest BCUT2D eigenvalue weighted by Gasteiger charge is 2.23. The highest BCUT2D eigenvalue weighted by atomic mass is 35.5. The number of amides is 1. The second-order valence-electron chi connectivity index (χ2n) is 6.47. The van der Waals surface area contributed by atoms with Gasteiger partial charge in [0, 0.05) is 19.2 Å². The van der Waals surface area contributed by atoms with E-state index in [-0.39, 0.29) is 11.4 Å². The van der Waals surface area contributed by atoms with Gasteiger partial charge in [0.1, 0.15) is 22.8 Å². The van der Waals surface area contributed by atoms with E-state index in [0.29, 0.717) is 50.2 Å². The fourth-order valence-corrected chi connectivity index (χ4v) is 4.46. The van der Waals surface area contributed by atoms with Gasteiger partial charge < -0.3 is 13.8 Å². The number of aromatic nitrogens is 2. The monoisotopic (exact) mass is 445 g/mol. The van der Waals surface area contributed by atoms with E-state index in [0.717, 1.165) is 0 Å². The van der Waals surface area contributed by atoms with Gasteiger partial charge in [-0.2, -0.15) is 4.99 Å². The summed E-state index contributed by atoms with van der Waals surface area (Å²) in [6.45, 7) is 2.34. The van der Waals surface area contributed by atoms with Crippen LogP contribution in [0.5, 0.6) is 0 Å². The summed E-state index contributed by atoms with van der Waals surface area (Å²) in [7, 11) is 1.56. The molecule has 0 radical (unpaired) electrons. The number of carbonyl (C=O) groups excluding carboxylic acids is 1. The number of halogens is 2. The molecule has 1 amide bonds. The maximum atomic E-state index is 14.5. The van der Waals surface area contributed by atoms with E-state index in [2.05, 4.69) is 10.1 Å². The van der Waals surface area contributed by atoms with Crippen molar-refractivity contribution >= 4 is 39.1 Å². The minimum atomic E-state index is -0.540. The lowest BCUT2D eigenvalue weighted by Gasteiger charge is -2.05. The number of benzene rings is 2. The van der Waals surface area contributed by atoms with Crippen LogP contribution in [0.25, 0.3) is 21.5 Å². The van der Waals surface area contributed by atoms with E-state index in [4.69, 9.17) is 20.9 Å². The Labute approximate surface area is 180 Å².